The number of hydrogen-bond donors (Lipinski definition) is 1. The van der Waals surface area contributed by atoms with E-state index in [2.05, 4.69) is 21.5 Å². The fraction of sp³-hybridized carbons (Fsp3) is 0.500. The van der Waals surface area contributed by atoms with Gasteiger partial charge in [0.05, 0.1) is 11.9 Å². The summed E-state index contributed by atoms with van der Waals surface area (Å²) >= 11 is 0. The SMILES string of the molecule is CCn1c(C2CCC2)nc2cc(N)cnc21. The number of nitrogens with two attached hydrogens (primary N) is 1. The molecule has 0 spiro atoms. The van der Waals surface area contributed by atoms with Crippen LogP contribution in [0.25, 0.3) is 11.2 Å². The molecule has 0 radical (unpaired) electrons. The molecule has 0 amide bonds. The van der Waals surface area contributed by atoms with E-state index in [4.69, 9.17) is 5.73 Å². The molecule has 16 heavy (non-hydrogen) atoms. The molecule has 4 heteroatoms. The van der Waals surface area contributed by atoms with E-state index >= 15 is 0 Å². The monoisotopic (exact) mass is 216 g/mol. The van der Waals surface area contributed by atoms with Crippen LogP contribution in [0.5, 0.6) is 0 Å². The first-order valence-corrected chi connectivity index (χ1v) is 5.91. The van der Waals surface area contributed by atoms with Crippen molar-refractivity contribution in [2.24, 2.45) is 0 Å². The predicted octanol–water partition coefficient (Wildman–Crippen LogP) is 2.30. The number of pyridine rings is 1. The summed E-state index contributed by atoms with van der Waals surface area (Å²) in [5, 5.41) is 0. The Hall–Kier alpha value is -1.58. The van der Waals surface area contributed by atoms with Gasteiger partial charge in [-0.2, -0.15) is 0 Å². The van der Waals surface area contributed by atoms with E-state index in [1.54, 1.807) is 6.20 Å². The van der Waals surface area contributed by atoms with E-state index < -0.39 is 0 Å². The average Bonchev–Trinajstić information content (AvgIpc) is 2.52. The minimum Gasteiger partial charge on any atom is -0.397 e. The maximum atomic E-state index is 5.74. The van der Waals surface area contributed by atoms with Gasteiger partial charge in [-0.25, -0.2) is 9.97 Å². The highest BCUT2D eigenvalue weighted by Crippen LogP contribution is 2.36. The smallest absolute Gasteiger partial charge is 0.160 e. The van der Waals surface area contributed by atoms with E-state index in [1.807, 2.05) is 6.07 Å². The third kappa shape index (κ3) is 1.29. The van der Waals surface area contributed by atoms with Crippen LogP contribution in [0, 0.1) is 0 Å². The zero-order valence-corrected chi connectivity index (χ0v) is 9.48. The fourth-order valence-electron chi connectivity index (χ4n) is 2.33. The Balaban J connectivity index is 2.19. The van der Waals surface area contributed by atoms with Gasteiger partial charge < -0.3 is 10.3 Å². The molecule has 1 aliphatic rings. The number of anilines is 1. The van der Waals surface area contributed by atoms with E-state index in [0.29, 0.717) is 11.6 Å². The number of fused-ring (bicyclic) bond motifs is 1. The summed E-state index contributed by atoms with van der Waals surface area (Å²) in [5.74, 6) is 1.83. The Morgan fingerprint density at radius 3 is 2.94 bits per heavy atom. The molecule has 1 saturated carbocycles. The van der Waals surface area contributed by atoms with Gasteiger partial charge in [0.2, 0.25) is 0 Å². The maximum Gasteiger partial charge on any atom is 0.160 e. The third-order valence-corrected chi connectivity index (χ3v) is 3.42. The van der Waals surface area contributed by atoms with Gasteiger partial charge in [0.25, 0.3) is 0 Å². The second-order valence-electron chi connectivity index (χ2n) is 4.45. The number of imidazole rings is 1. The molecule has 2 N–H and O–H groups in total. The van der Waals surface area contributed by atoms with Crippen LogP contribution in [-0.2, 0) is 6.54 Å². The molecule has 3 rings (SSSR count). The van der Waals surface area contributed by atoms with Gasteiger partial charge in [0, 0.05) is 12.5 Å². The Labute approximate surface area is 94.5 Å². The van der Waals surface area contributed by atoms with Gasteiger partial charge >= 0.3 is 0 Å². The van der Waals surface area contributed by atoms with Gasteiger partial charge in [-0.3, -0.25) is 0 Å². The molecule has 2 aromatic rings. The van der Waals surface area contributed by atoms with Gasteiger partial charge in [-0.05, 0) is 25.8 Å². The molecule has 0 bridgehead atoms. The molecule has 1 aliphatic carbocycles. The molecule has 0 aromatic carbocycles. The molecule has 0 saturated heterocycles. The topological polar surface area (TPSA) is 56.7 Å². The number of aromatic nitrogens is 3. The van der Waals surface area contributed by atoms with Crippen LogP contribution >= 0.6 is 0 Å². The molecular formula is C12H16N4. The summed E-state index contributed by atoms with van der Waals surface area (Å²) in [6.07, 6.45) is 5.56. The third-order valence-electron chi connectivity index (χ3n) is 3.42. The summed E-state index contributed by atoms with van der Waals surface area (Å²) in [7, 11) is 0. The van der Waals surface area contributed by atoms with E-state index in [1.165, 1.54) is 25.1 Å². The molecular weight excluding hydrogens is 200 g/mol. The molecule has 2 aromatic heterocycles. The highest BCUT2D eigenvalue weighted by Gasteiger charge is 2.25. The van der Waals surface area contributed by atoms with E-state index in [-0.39, 0.29) is 0 Å². The highest BCUT2D eigenvalue weighted by molar-refractivity contribution is 5.75. The zero-order valence-electron chi connectivity index (χ0n) is 9.48. The molecule has 0 atom stereocenters. The number of nitrogens with zero attached hydrogens (tertiary/aromatic N) is 3. The number of nitrogen functional groups attached to an aromatic ring is 1. The maximum absolute atomic E-state index is 5.74. The number of rotatable bonds is 2. The summed E-state index contributed by atoms with van der Waals surface area (Å²) in [4.78, 5) is 9.08. The molecule has 4 nitrogen and oxygen atoms in total. The van der Waals surface area contributed by atoms with Crippen molar-refractivity contribution in [1.29, 1.82) is 0 Å². The standard InChI is InChI=1S/C12H16N4/c1-2-16-11(8-4-3-5-8)15-10-6-9(13)7-14-12(10)16/h6-8H,2-5,13H2,1H3. The van der Waals surface area contributed by atoms with Gasteiger partial charge in [-0.1, -0.05) is 6.42 Å². The van der Waals surface area contributed by atoms with E-state index in [9.17, 15) is 0 Å². The van der Waals surface area contributed by atoms with Crippen molar-refractivity contribution in [3.05, 3.63) is 18.1 Å². The number of hydrogen-bond acceptors (Lipinski definition) is 3. The zero-order chi connectivity index (χ0) is 11.1. The van der Waals surface area contributed by atoms with Crippen molar-refractivity contribution >= 4 is 16.9 Å². The van der Waals surface area contributed by atoms with Crippen molar-refractivity contribution in [3.63, 3.8) is 0 Å². The first-order valence-electron chi connectivity index (χ1n) is 5.91. The van der Waals surface area contributed by atoms with Crippen LogP contribution in [0.2, 0.25) is 0 Å². The van der Waals surface area contributed by atoms with Crippen LogP contribution in [0.3, 0.4) is 0 Å². The quantitative estimate of drug-likeness (QED) is 0.838. The summed E-state index contributed by atoms with van der Waals surface area (Å²) in [5.41, 5.74) is 8.33. The van der Waals surface area contributed by atoms with Crippen molar-refractivity contribution in [2.45, 2.75) is 38.6 Å². The van der Waals surface area contributed by atoms with E-state index in [0.717, 1.165) is 17.7 Å². The van der Waals surface area contributed by atoms with Crippen LogP contribution in [-0.4, -0.2) is 14.5 Å². The van der Waals surface area contributed by atoms with Crippen LogP contribution < -0.4 is 5.73 Å². The Morgan fingerprint density at radius 1 is 1.50 bits per heavy atom. The lowest BCUT2D eigenvalue weighted by atomic mass is 9.85. The summed E-state index contributed by atoms with van der Waals surface area (Å²) in [6.45, 7) is 3.07. The van der Waals surface area contributed by atoms with Crippen molar-refractivity contribution in [1.82, 2.24) is 14.5 Å². The lowest BCUT2D eigenvalue weighted by Gasteiger charge is -2.25. The largest absolute Gasteiger partial charge is 0.397 e. The Bertz CT molecular complexity index is 525. The fourth-order valence-corrected chi connectivity index (χ4v) is 2.33. The van der Waals surface area contributed by atoms with Gasteiger partial charge in [-0.15, -0.1) is 0 Å². The van der Waals surface area contributed by atoms with Crippen LogP contribution in [0.1, 0.15) is 37.9 Å². The van der Waals surface area contributed by atoms with Gasteiger partial charge in [0.15, 0.2) is 5.65 Å². The minimum atomic E-state index is 0.635. The van der Waals surface area contributed by atoms with Crippen molar-refractivity contribution in [2.75, 3.05) is 5.73 Å². The summed E-state index contributed by atoms with van der Waals surface area (Å²) in [6, 6.07) is 1.91. The average molecular weight is 216 g/mol. The van der Waals surface area contributed by atoms with Crippen LogP contribution in [0.15, 0.2) is 12.3 Å². The minimum absolute atomic E-state index is 0.635. The Kier molecular flexibility index (Phi) is 2.09. The lowest BCUT2D eigenvalue weighted by Crippen LogP contribution is -2.15. The first-order chi connectivity index (χ1) is 7.79. The molecule has 0 aliphatic heterocycles. The van der Waals surface area contributed by atoms with Gasteiger partial charge in [0.1, 0.15) is 11.3 Å². The molecule has 2 heterocycles. The van der Waals surface area contributed by atoms with Crippen molar-refractivity contribution in [3.8, 4) is 0 Å². The second kappa shape index (κ2) is 3.47. The predicted molar refractivity (Wildman–Crippen MR) is 64.2 cm³/mol. The van der Waals surface area contributed by atoms with Crippen molar-refractivity contribution < 1.29 is 0 Å². The molecule has 84 valence electrons. The highest BCUT2D eigenvalue weighted by atomic mass is 15.1. The lowest BCUT2D eigenvalue weighted by molar-refractivity contribution is 0.390. The second-order valence-corrected chi connectivity index (χ2v) is 4.45. The molecule has 0 unspecified atom stereocenters. The molecule has 1 fully saturated rings. The summed E-state index contributed by atoms with van der Waals surface area (Å²) < 4.78 is 2.22. The number of aryl methyl sites for hydroxylation is 1. The first kappa shape index (κ1) is 9.63. The Morgan fingerprint density at radius 2 is 2.31 bits per heavy atom. The normalized spacial score (nSPS) is 16.6. The van der Waals surface area contributed by atoms with Crippen LogP contribution in [0.4, 0.5) is 5.69 Å².